The molecule has 0 radical (unpaired) electrons. The van der Waals surface area contributed by atoms with Crippen LogP contribution >= 0.6 is 11.3 Å². The minimum Gasteiger partial charge on any atom is -0.482 e. The number of hydrogen-bond donors (Lipinski definition) is 0. The van der Waals surface area contributed by atoms with E-state index in [4.69, 9.17) is 14.5 Å². The highest BCUT2D eigenvalue weighted by molar-refractivity contribution is 7.09. The Labute approximate surface area is 181 Å². The van der Waals surface area contributed by atoms with E-state index in [0.717, 1.165) is 16.3 Å². The fraction of sp³-hybridized carbons (Fsp3) is 0.500. The zero-order chi connectivity index (χ0) is 21.7. The van der Waals surface area contributed by atoms with E-state index in [1.807, 2.05) is 41.5 Å². The van der Waals surface area contributed by atoms with Crippen molar-refractivity contribution in [3.05, 3.63) is 45.9 Å². The van der Waals surface area contributed by atoms with Crippen LogP contribution in [0.15, 0.2) is 29.6 Å². The summed E-state index contributed by atoms with van der Waals surface area (Å²) in [6.45, 7) is 6.74. The number of benzene rings is 1. The smallest absolute Gasteiger partial charge is 0.343 e. The van der Waals surface area contributed by atoms with E-state index in [1.54, 1.807) is 11.3 Å². The first-order valence-electron chi connectivity index (χ1n) is 10.0. The lowest BCUT2D eigenvalue weighted by atomic mass is 10.0. The molecule has 8 heteroatoms. The Balaban J connectivity index is 1.59. The summed E-state index contributed by atoms with van der Waals surface area (Å²) in [6.07, 6.45) is 0.521. The van der Waals surface area contributed by atoms with Crippen LogP contribution in [0, 0.1) is 0 Å². The lowest BCUT2D eigenvalue weighted by Crippen LogP contribution is -2.48. The van der Waals surface area contributed by atoms with E-state index in [1.165, 1.54) is 7.11 Å². The van der Waals surface area contributed by atoms with Gasteiger partial charge in [0.2, 0.25) is 5.91 Å². The first kappa shape index (κ1) is 22.2. The monoisotopic (exact) mass is 432 g/mol. The number of methoxy groups -OCH3 is 1. The van der Waals surface area contributed by atoms with Crippen molar-refractivity contribution in [2.75, 3.05) is 26.9 Å². The van der Waals surface area contributed by atoms with Gasteiger partial charge in [-0.25, -0.2) is 9.78 Å². The lowest BCUT2D eigenvalue weighted by Gasteiger charge is -2.36. The van der Waals surface area contributed by atoms with E-state index in [-0.39, 0.29) is 31.3 Å². The number of hydrogen-bond acceptors (Lipinski definition) is 7. The molecule has 2 unspecified atom stereocenters. The number of rotatable bonds is 8. The number of nitrogens with zero attached hydrogens (tertiary/aromatic N) is 2. The number of ether oxygens (including phenoxy) is 3. The summed E-state index contributed by atoms with van der Waals surface area (Å²) in [4.78, 5) is 30.2. The van der Waals surface area contributed by atoms with Crippen molar-refractivity contribution in [1.29, 1.82) is 0 Å². The molecule has 2 heterocycles. The van der Waals surface area contributed by atoms with E-state index in [2.05, 4.69) is 18.6 Å². The molecule has 7 nitrogen and oxygen atoms in total. The van der Waals surface area contributed by atoms with Gasteiger partial charge in [-0.1, -0.05) is 26.0 Å². The van der Waals surface area contributed by atoms with Crippen molar-refractivity contribution >= 4 is 23.2 Å². The molecule has 1 saturated heterocycles. The number of carbonyl (C=O) groups is 2. The molecule has 2 atom stereocenters. The summed E-state index contributed by atoms with van der Waals surface area (Å²) in [5, 5.41) is 3.12. The molecule has 0 saturated carbocycles. The van der Waals surface area contributed by atoms with Crippen LogP contribution in [0.1, 0.15) is 49.1 Å². The Bertz CT molecular complexity index is 865. The van der Waals surface area contributed by atoms with E-state index >= 15 is 0 Å². The quantitative estimate of drug-likeness (QED) is 0.596. The van der Waals surface area contributed by atoms with Crippen LogP contribution in [-0.4, -0.2) is 54.7 Å². The average molecular weight is 433 g/mol. The van der Waals surface area contributed by atoms with Gasteiger partial charge in [0.25, 0.3) is 0 Å². The van der Waals surface area contributed by atoms with E-state index < -0.39 is 5.97 Å². The van der Waals surface area contributed by atoms with Crippen molar-refractivity contribution in [1.82, 2.24) is 9.88 Å². The SMILES string of the molecule is COC(=O)COc1ccc(CC(C)N2CC(c3csc(C(C)C)n3)OCC2=O)cc1. The summed E-state index contributed by atoms with van der Waals surface area (Å²) in [6, 6.07) is 7.55. The van der Waals surface area contributed by atoms with Gasteiger partial charge in [0.05, 0.1) is 24.4 Å². The molecular weight excluding hydrogens is 404 g/mol. The lowest BCUT2D eigenvalue weighted by molar-refractivity contribution is -0.152. The second-order valence-corrected chi connectivity index (χ2v) is 8.56. The average Bonchev–Trinajstić information content (AvgIpc) is 3.24. The topological polar surface area (TPSA) is 78.0 Å². The van der Waals surface area contributed by atoms with Crippen molar-refractivity contribution in [2.45, 2.75) is 45.3 Å². The van der Waals surface area contributed by atoms with Crippen LogP contribution < -0.4 is 4.74 Å². The van der Waals surface area contributed by atoms with Gasteiger partial charge < -0.3 is 19.1 Å². The Morgan fingerprint density at radius 1 is 1.30 bits per heavy atom. The molecule has 30 heavy (non-hydrogen) atoms. The molecule has 0 N–H and O–H groups in total. The summed E-state index contributed by atoms with van der Waals surface area (Å²) in [5.41, 5.74) is 1.99. The molecule has 3 rings (SSSR count). The molecule has 1 amide bonds. The highest BCUT2D eigenvalue weighted by atomic mass is 32.1. The number of esters is 1. The van der Waals surface area contributed by atoms with Gasteiger partial charge in [0.15, 0.2) is 6.61 Å². The molecule has 1 aromatic heterocycles. The predicted octanol–water partition coefficient (Wildman–Crippen LogP) is 3.35. The maximum atomic E-state index is 12.5. The maximum absolute atomic E-state index is 12.5. The molecule has 1 aliphatic heterocycles. The summed E-state index contributed by atoms with van der Waals surface area (Å²) >= 11 is 1.64. The van der Waals surface area contributed by atoms with Crippen LogP contribution in [0.4, 0.5) is 0 Å². The first-order chi connectivity index (χ1) is 14.4. The Kier molecular flexibility index (Phi) is 7.44. The number of carbonyl (C=O) groups excluding carboxylic acids is 2. The largest absolute Gasteiger partial charge is 0.482 e. The fourth-order valence-electron chi connectivity index (χ4n) is 3.28. The van der Waals surface area contributed by atoms with E-state index in [9.17, 15) is 9.59 Å². The van der Waals surface area contributed by atoms with Gasteiger partial charge in [0, 0.05) is 17.3 Å². The molecule has 2 aromatic rings. The Morgan fingerprint density at radius 3 is 2.67 bits per heavy atom. The Hall–Kier alpha value is -2.45. The summed E-state index contributed by atoms with van der Waals surface area (Å²) in [5.74, 6) is 0.553. The molecule has 0 spiro atoms. The summed E-state index contributed by atoms with van der Waals surface area (Å²) < 4.78 is 15.7. The van der Waals surface area contributed by atoms with Crippen LogP contribution in [0.3, 0.4) is 0 Å². The molecule has 1 aromatic carbocycles. The molecule has 162 valence electrons. The molecule has 1 aliphatic rings. The zero-order valence-electron chi connectivity index (χ0n) is 17.8. The minimum atomic E-state index is -0.422. The third kappa shape index (κ3) is 5.58. The second-order valence-electron chi connectivity index (χ2n) is 7.67. The van der Waals surface area contributed by atoms with Gasteiger partial charge in [-0.2, -0.15) is 0 Å². The Morgan fingerprint density at radius 2 is 2.03 bits per heavy atom. The first-order valence-corrected chi connectivity index (χ1v) is 10.9. The minimum absolute atomic E-state index is 0.00362. The van der Waals surface area contributed by atoms with Crippen LogP contribution in [0.5, 0.6) is 5.75 Å². The third-order valence-corrected chi connectivity index (χ3v) is 6.19. The van der Waals surface area contributed by atoms with Gasteiger partial charge in [-0.15, -0.1) is 11.3 Å². The third-order valence-electron chi connectivity index (χ3n) is 5.03. The number of amides is 1. The van der Waals surface area contributed by atoms with Crippen molar-refractivity contribution in [2.24, 2.45) is 0 Å². The maximum Gasteiger partial charge on any atom is 0.343 e. The normalized spacial score (nSPS) is 17.8. The van der Waals surface area contributed by atoms with Crippen molar-refractivity contribution in [3.8, 4) is 5.75 Å². The number of morpholine rings is 1. The van der Waals surface area contributed by atoms with Crippen LogP contribution in [0.25, 0.3) is 0 Å². The van der Waals surface area contributed by atoms with Crippen molar-refractivity contribution in [3.63, 3.8) is 0 Å². The van der Waals surface area contributed by atoms with Crippen molar-refractivity contribution < 1.29 is 23.8 Å². The second kappa shape index (κ2) is 10.0. The standard InChI is InChI=1S/C22H28N2O5S/c1-14(2)22-23-18(13-30-22)19-10-24(20(25)11-29-19)15(3)9-16-5-7-17(8-6-16)28-12-21(26)27-4/h5-8,13-15,19H,9-12H2,1-4H3. The molecule has 0 bridgehead atoms. The zero-order valence-corrected chi connectivity index (χ0v) is 18.6. The highest BCUT2D eigenvalue weighted by Gasteiger charge is 2.32. The van der Waals surface area contributed by atoms with Crippen LogP contribution in [0.2, 0.25) is 0 Å². The molecule has 0 aliphatic carbocycles. The number of thiazole rings is 1. The van der Waals surface area contributed by atoms with Gasteiger partial charge in [0.1, 0.15) is 18.5 Å². The number of aromatic nitrogens is 1. The van der Waals surface area contributed by atoms with E-state index in [0.29, 0.717) is 24.6 Å². The van der Waals surface area contributed by atoms with Gasteiger partial charge in [-0.3, -0.25) is 4.79 Å². The fourth-order valence-corrected chi connectivity index (χ4v) is 4.16. The van der Waals surface area contributed by atoms with Gasteiger partial charge in [-0.05, 0) is 31.0 Å². The molecular formula is C22H28N2O5S. The summed E-state index contributed by atoms with van der Waals surface area (Å²) in [7, 11) is 1.32. The molecule has 1 fully saturated rings. The van der Waals surface area contributed by atoms with Crippen LogP contribution in [-0.2, 0) is 25.5 Å². The predicted molar refractivity (Wildman–Crippen MR) is 114 cm³/mol. The van der Waals surface area contributed by atoms with Gasteiger partial charge >= 0.3 is 5.97 Å². The highest BCUT2D eigenvalue weighted by Crippen LogP contribution is 2.28.